The van der Waals surface area contributed by atoms with Gasteiger partial charge in [-0.05, 0) is 17.7 Å². The first-order valence-electron chi connectivity index (χ1n) is 5.44. The van der Waals surface area contributed by atoms with Crippen molar-refractivity contribution in [1.82, 2.24) is 0 Å². The second-order valence-electron chi connectivity index (χ2n) is 3.84. The summed E-state index contributed by atoms with van der Waals surface area (Å²) in [6, 6.07) is 7.10. The molecule has 4 nitrogen and oxygen atoms in total. The van der Waals surface area contributed by atoms with Gasteiger partial charge in [0.2, 0.25) is 0 Å². The van der Waals surface area contributed by atoms with E-state index in [0.717, 1.165) is 5.56 Å². The lowest BCUT2D eigenvalue weighted by Crippen LogP contribution is -2.14. The second kappa shape index (κ2) is 6.87. The van der Waals surface area contributed by atoms with Crippen LogP contribution in [-0.4, -0.2) is 13.1 Å². The van der Waals surface area contributed by atoms with Gasteiger partial charge in [-0.2, -0.15) is 5.26 Å². The van der Waals surface area contributed by atoms with Crippen molar-refractivity contribution in [2.24, 2.45) is 5.92 Å². The number of esters is 1. The summed E-state index contributed by atoms with van der Waals surface area (Å²) in [5, 5.41) is 8.94. The van der Waals surface area contributed by atoms with Gasteiger partial charge in [-0.25, -0.2) is 0 Å². The Labute approximate surface area is 111 Å². The SMILES string of the molecule is COc1ccc(COC(=O)C(C)CC#N)cc1Cl. The fourth-order valence-electron chi connectivity index (χ4n) is 1.32. The lowest BCUT2D eigenvalue weighted by Gasteiger charge is -2.09. The molecular weight excluding hydrogens is 254 g/mol. The normalized spacial score (nSPS) is 11.4. The van der Waals surface area contributed by atoms with Gasteiger partial charge in [0.25, 0.3) is 0 Å². The molecule has 0 heterocycles. The van der Waals surface area contributed by atoms with Crippen LogP contribution < -0.4 is 4.74 Å². The van der Waals surface area contributed by atoms with Crippen LogP contribution in [0, 0.1) is 17.2 Å². The minimum Gasteiger partial charge on any atom is -0.495 e. The number of carbonyl (C=O) groups is 1. The average molecular weight is 268 g/mol. The molecule has 0 N–H and O–H groups in total. The number of nitriles is 1. The zero-order valence-electron chi connectivity index (χ0n) is 10.3. The maximum Gasteiger partial charge on any atom is 0.310 e. The van der Waals surface area contributed by atoms with E-state index in [4.69, 9.17) is 26.3 Å². The van der Waals surface area contributed by atoms with E-state index in [1.165, 1.54) is 7.11 Å². The molecule has 0 aliphatic rings. The maximum absolute atomic E-state index is 11.5. The fraction of sp³-hybridized carbons (Fsp3) is 0.385. The summed E-state index contributed by atoms with van der Waals surface area (Å²) in [5.41, 5.74) is 0.776. The van der Waals surface area contributed by atoms with Crippen LogP contribution in [0.4, 0.5) is 0 Å². The van der Waals surface area contributed by atoms with Gasteiger partial charge in [0.15, 0.2) is 0 Å². The number of benzene rings is 1. The van der Waals surface area contributed by atoms with Crippen LogP contribution in [0.3, 0.4) is 0 Å². The van der Waals surface area contributed by atoms with Crippen LogP contribution in [0.2, 0.25) is 5.02 Å². The minimum absolute atomic E-state index is 0.137. The van der Waals surface area contributed by atoms with Crippen molar-refractivity contribution in [3.8, 4) is 11.8 Å². The summed E-state index contributed by atoms with van der Waals surface area (Å²) in [6.45, 7) is 1.80. The number of hydrogen-bond acceptors (Lipinski definition) is 4. The lowest BCUT2D eigenvalue weighted by molar-refractivity contribution is -0.149. The Kier molecular flexibility index (Phi) is 5.47. The Morgan fingerprint density at radius 3 is 2.83 bits per heavy atom. The molecule has 0 saturated carbocycles. The van der Waals surface area contributed by atoms with Crippen molar-refractivity contribution < 1.29 is 14.3 Å². The van der Waals surface area contributed by atoms with E-state index in [1.54, 1.807) is 25.1 Å². The molecule has 5 heteroatoms. The third kappa shape index (κ3) is 3.94. The molecule has 0 spiro atoms. The van der Waals surface area contributed by atoms with Gasteiger partial charge in [-0.1, -0.05) is 24.6 Å². The monoisotopic (exact) mass is 267 g/mol. The molecule has 0 fully saturated rings. The molecule has 0 aliphatic heterocycles. The van der Waals surface area contributed by atoms with Gasteiger partial charge in [0, 0.05) is 6.42 Å². The highest BCUT2D eigenvalue weighted by atomic mass is 35.5. The third-order valence-electron chi connectivity index (χ3n) is 2.40. The molecule has 1 aromatic rings. The number of nitrogens with zero attached hydrogens (tertiary/aromatic N) is 1. The topological polar surface area (TPSA) is 59.3 Å². The molecule has 96 valence electrons. The van der Waals surface area contributed by atoms with Crippen LogP contribution >= 0.6 is 11.6 Å². The summed E-state index contributed by atoms with van der Waals surface area (Å²) in [7, 11) is 1.53. The largest absolute Gasteiger partial charge is 0.495 e. The molecule has 1 atom stereocenters. The molecular formula is C13H14ClNO3. The Morgan fingerprint density at radius 1 is 1.56 bits per heavy atom. The Morgan fingerprint density at radius 2 is 2.28 bits per heavy atom. The van der Waals surface area contributed by atoms with Gasteiger partial charge in [0.1, 0.15) is 12.4 Å². The number of ether oxygens (including phenoxy) is 2. The molecule has 1 unspecified atom stereocenters. The summed E-state index contributed by atoms with van der Waals surface area (Å²) >= 11 is 5.95. The van der Waals surface area contributed by atoms with E-state index in [1.807, 2.05) is 6.07 Å². The smallest absolute Gasteiger partial charge is 0.310 e. The first-order valence-corrected chi connectivity index (χ1v) is 5.82. The lowest BCUT2D eigenvalue weighted by atomic mass is 10.1. The first kappa shape index (κ1) is 14.3. The number of halogens is 1. The van der Waals surface area contributed by atoms with E-state index in [0.29, 0.717) is 10.8 Å². The molecule has 0 bridgehead atoms. The van der Waals surface area contributed by atoms with Gasteiger partial charge < -0.3 is 9.47 Å². The highest BCUT2D eigenvalue weighted by molar-refractivity contribution is 6.32. The molecule has 18 heavy (non-hydrogen) atoms. The second-order valence-corrected chi connectivity index (χ2v) is 4.25. The van der Waals surface area contributed by atoms with E-state index >= 15 is 0 Å². The number of carbonyl (C=O) groups excluding carboxylic acids is 1. The van der Waals surface area contributed by atoms with Crippen LogP contribution in [0.25, 0.3) is 0 Å². The molecule has 1 rings (SSSR count). The van der Waals surface area contributed by atoms with E-state index in [-0.39, 0.29) is 19.0 Å². The van der Waals surface area contributed by atoms with E-state index < -0.39 is 5.92 Å². The van der Waals surface area contributed by atoms with Gasteiger partial charge in [-0.15, -0.1) is 0 Å². The van der Waals surface area contributed by atoms with Gasteiger partial charge >= 0.3 is 5.97 Å². The molecule has 0 radical (unpaired) electrons. The summed E-state index contributed by atoms with van der Waals surface area (Å²) < 4.78 is 10.1. The highest BCUT2D eigenvalue weighted by Crippen LogP contribution is 2.25. The third-order valence-corrected chi connectivity index (χ3v) is 2.69. The molecule has 0 aromatic heterocycles. The molecule has 0 saturated heterocycles. The molecule has 0 aliphatic carbocycles. The number of methoxy groups -OCH3 is 1. The van der Waals surface area contributed by atoms with Gasteiger partial charge in [0.05, 0.1) is 24.1 Å². The van der Waals surface area contributed by atoms with Crippen LogP contribution in [0.15, 0.2) is 18.2 Å². The number of rotatable bonds is 5. The van der Waals surface area contributed by atoms with Crippen LogP contribution in [0.1, 0.15) is 18.9 Å². The van der Waals surface area contributed by atoms with Crippen LogP contribution in [0.5, 0.6) is 5.75 Å². The van der Waals surface area contributed by atoms with Crippen molar-refractivity contribution in [3.63, 3.8) is 0 Å². The maximum atomic E-state index is 11.5. The van der Waals surface area contributed by atoms with Crippen molar-refractivity contribution in [2.45, 2.75) is 20.0 Å². The highest BCUT2D eigenvalue weighted by Gasteiger charge is 2.14. The van der Waals surface area contributed by atoms with Crippen molar-refractivity contribution in [2.75, 3.05) is 7.11 Å². The minimum atomic E-state index is -0.413. The summed E-state index contributed by atoms with van der Waals surface area (Å²) in [5.74, 6) is -0.225. The standard InChI is InChI=1S/C13H14ClNO3/c1-9(5-6-15)13(16)18-8-10-3-4-12(17-2)11(14)7-10/h3-4,7,9H,5,8H2,1-2H3. The average Bonchev–Trinajstić information content (AvgIpc) is 2.36. The zero-order chi connectivity index (χ0) is 13.5. The van der Waals surface area contributed by atoms with Crippen molar-refractivity contribution in [1.29, 1.82) is 5.26 Å². The van der Waals surface area contributed by atoms with E-state index in [2.05, 4.69) is 0 Å². The number of hydrogen-bond donors (Lipinski definition) is 0. The Hall–Kier alpha value is -1.73. The Balaban J connectivity index is 2.56. The zero-order valence-corrected chi connectivity index (χ0v) is 11.0. The summed E-state index contributed by atoms with van der Waals surface area (Å²) in [6.07, 6.45) is 0.155. The van der Waals surface area contributed by atoms with Crippen LogP contribution in [-0.2, 0) is 16.1 Å². The molecule has 0 amide bonds. The fourth-order valence-corrected chi connectivity index (χ4v) is 1.60. The predicted octanol–water partition coefficient (Wildman–Crippen LogP) is 2.94. The quantitative estimate of drug-likeness (QED) is 0.770. The summed E-state index contributed by atoms with van der Waals surface area (Å²) in [4.78, 5) is 11.5. The molecule has 1 aromatic carbocycles. The van der Waals surface area contributed by atoms with Crippen molar-refractivity contribution >= 4 is 17.6 Å². The van der Waals surface area contributed by atoms with Crippen molar-refractivity contribution in [3.05, 3.63) is 28.8 Å². The Bertz CT molecular complexity index is 468. The van der Waals surface area contributed by atoms with Gasteiger partial charge in [-0.3, -0.25) is 4.79 Å². The predicted molar refractivity (Wildman–Crippen MR) is 67.2 cm³/mol. The van der Waals surface area contributed by atoms with E-state index in [9.17, 15) is 4.79 Å². The first-order chi connectivity index (χ1) is 8.58.